The van der Waals surface area contributed by atoms with Gasteiger partial charge in [-0.25, -0.2) is 0 Å². The second-order valence-electron chi connectivity index (χ2n) is 7.39. The standard InChI is InChI=1S/C23H29NO3/c1-16(2)26-20-13-11-18(12-14-20)15-24-23(25)17(3)27-22-10-6-8-19-7-4-5-9-21(19)22/h6,8,10-14,16-17H,4-5,7,9,15H2,1-3H3,(H,24,25)/t17-/m1/s1. The van der Waals surface area contributed by atoms with Crippen LogP contribution >= 0.6 is 0 Å². The van der Waals surface area contributed by atoms with Crippen LogP contribution in [-0.4, -0.2) is 18.1 Å². The summed E-state index contributed by atoms with van der Waals surface area (Å²) in [4.78, 5) is 12.4. The molecule has 0 aliphatic heterocycles. The molecule has 3 rings (SSSR count). The SMILES string of the molecule is CC(C)Oc1ccc(CNC(=O)[C@@H](C)Oc2cccc3c2CCCC3)cc1. The molecule has 1 aliphatic carbocycles. The lowest BCUT2D eigenvalue weighted by atomic mass is 9.91. The Balaban J connectivity index is 1.54. The number of carbonyl (C=O) groups is 1. The monoisotopic (exact) mass is 367 g/mol. The average molecular weight is 367 g/mol. The Hall–Kier alpha value is -2.49. The topological polar surface area (TPSA) is 47.6 Å². The largest absolute Gasteiger partial charge is 0.491 e. The molecule has 0 bridgehead atoms. The number of aryl methyl sites for hydroxylation is 1. The number of hydrogen-bond acceptors (Lipinski definition) is 3. The molecule has 2 aromatic rings. The zero-order valence-corrected chi connectivity index (χ0v) is 16.5. The summed E-state index contributed by atoms with van der Waals surface area (Å²) in [5.74, 6) is 1.58. The van der Waals surface area contributed by atoms with Gasteiger partial charge in [0.1, 0.15) is 11.5 Å². The molecule has 1 N–H and O–H groups in total. The summed E-state index contributed by atoms with van der Waals surface area (Å²) >= 11 is 0. The maximum atomic E-state index is 12.4. The van der Waals surface area contributed by atoms with Gasteiger partial charge in [0, 0.05) is 6.54 Å². The van der Waals surface area contributed by atoms with Crippen LogP contribution in [0.4, 0.5) is 0 Å². The molecular weight excluding hydrogens is 338 g/mol. The van der Waals surface area contributed by atoms with Gasteiger partial charge in [0.2, 0.25) is 0 Å². The fourth-order valence-corrected chi connectivity index (χ4v) is 3.39. The number of rotatable bonds is 7. The quantitative estimate of drug-likeness (QED) is 0.787. The molecule has 0 radical (unpaired) electrons. The molecule has 0 saturated carbocycles. The zero-order chi connectivity index (χ0) is 19.2. The first kappa shape index (κ1) is 19.3. The van der Waals surface area contributed by atoms with Crippen molar-refractivity contribution in [1.82, 2.24) is 5.32 Å². The maximum absolute atomic E-state index is 12.4. The molecule has 1 atom stereocenters. The maximum Gasteiger partial charge on any atom is 0.261 e. The van der Waals surface area contributed by atoms with Gasteiger partial charge >= 0.3 is 0 Å². The molecular formula is C23H29NO3. The Kier molecular flexibility index (Phi) is 6.38. The smallest absolute Gasteiger partial charge is 0.261 e. The van der Waals surface area contributed by atoms with E-state index in [1.807, 2.05) is 50.2 Å². The average Bonchev–Trinajstić information content (AvgIpc) is 2.67. The molecule has 1 aliphatic rings. The molecule has 2 aromatic carbocycles. The predicted molar refractivity (Wildman–Crippen MR) is 107 cm³/mol. The van der Waals surface area contributed by atoms with Gasteiger partial charge in [-0.05, 0) is 81.3 Å². The normalized spacial score (nSPS) is 14.4. The van der Waals surface area contributed by atoms with Gasteiger partial charge in [-0.1, -0.05) is 24.3 Å². The highest BCUT2D eigenvalue weighted by atomic mass is 16.5. The second kappa shape index (κ2) is 8.94. The van der Waals surface area contributed by atoms with Gasteiger partial charge in [0.05, 0.1) is 6.10 Å². The minimum Gasteiger partial charge on any atom is -0.491 e. The summed E-state index contributed by atoms with van der Waals surface area (Å²) in [5.41, 5.74) is 3.66. The van der Waals surface area contributed by atoms with Crippen LogP contribution in [0.25, 0.3) is 0 Å². The Labute approximate surface area is 161 Å². The number of carbonyl (C=O) groups excluding carboxylic acids is 1. The lowest BCUT2D eigenvalue weighted by Gasteiger charge is -2.22. The first-order chi connectivity index (χ1) is 13.0. The van der Waals surface area contributed by atoms with E-state index in [2.05, 4.69) is 11.4 Å². The molecule has 1 amide bonds. The van der Waals surface area contributed by atoms with Gasteiger partial charge in [-0.3, -0.25) is 4.79 Å². The van der Waals surface area contributed by atoms with Crippen molar-refractivity contribution in [3.05, 3.63) is 59.2 Å². The van der Waals surface area contributed by atoms with Gasteiger partial charge in [0.15, 0.2) is 6.10 Å². The fraction of sp³-hybridized carbons (Fsp3) is 0.435. The summed E-state index contributed by atoms with van der Waals surface area (Å²) in [7, 11) is 0. The van der Waals surface area contributed by atoms with Crippen LogP contribution in [0.2, 0.25) is 0 Å². The first-order valence-electron chi connectivity index (χ1n) is 9.83. The van der Waals surface area contributed by atoms with Crippen LogP contribution in [0.3, 0.4) is 0 Å². The molecule has 0 unspecified atom stereocenters. The van der Waals surface area contributed by atoms with Crippen molar-refractivity contribution in [2.75, 3.05) is 0 Å². The Morgan fingerprint density at radius 3 is 2.48 bits per heavy atom. The highest BCUT2D eigenvalue weighted by molar-refractivity contribution is 5.80. The van der Waals surface area contributed by atoms with E-state index in [1.165, 1.54) is 24.0 Å². The number of amides is 1. The van der Waals surface area contributed by atoms with Crippen molar-refractivity contribution >= 4 is 5.91 Å². The summed E-state index contributed by atoms with van der Waals surface area (Å²) in [6, 6.07) is 14.0. The van der Waals surface area contributed by atoms with Gasteiger partial charge < -0.3 is 14.8 Å². The molecule has 0 aromatic heterocycles. The van der Waals surface area contributed by atoms with E-state index in [0.29, 0.717) is 6.54 Å². The van der Waals surface area contributed by atoms with Gasteiger partial charge in [-0.2, -0.15) is 0 Å². The van der Waals surface area contributed by atoms with E-state index in [1.54, 1.807) is 6.92 Å². The number of benzene rings is 2. The van der Waals surface area contributed by atoms with E-state index in [4.69, 9.17) is 9.47 Å². The molecule has 0 saturated heterocycles. The summed E-state index contributed by atoms with van der Waals surface area (Å²) < 4.78 is 11.6. The second-order valence-corrected chi connectivity index (χ2v) is 7.39. The first-order valence-corrected chi connectivity index (χ1v) is 9.83. The van der Waals surface area contributed by atoms with Crippen LogP contribution < -0.4 is 14.8 Å². The van der Waals surface area contributed by atoms with Crippen molar-refractivity contribution in [2.24, 2.45) is 0 Å². The van der Waals surface area contributed by atoms with Crippen molar-refractivity contribution in [3.63, 3.8) is 0 Å². The molecule has 0 fully saturated rings. The highest BCUT2D eigenvalue weighted by Crippen LogP contribution is 2.30. The third-order valence-corrected chi connectivity index (χ3v) is 4.79. The van der Waals surface area contributed by atoms with E-state index in [-0.39, 0.29) is 12.0 Å². The van der Waals surface area contributed by atoms with E-state index < -0.39 is 6.10 Å². The van der Waals surface area contributed by atoms with Crippen LogP contribution in [0.5, 0.6) is 11.5 Å². The number of hydrogen-bond donors (Lipinski definition) is 1. The fourth-order valence-electron chi connectivity index (χ4n) is 3.39. The van der Waals surface area contributed by atoms with Crippen molar-refractivity contribution in [2.45, 2.75) is 65.2 Å². The lowest BCUT2D eigenvalue weighted by Crippen LogP contribution is -2.36. The van der Waals surface area contributed by atoms with Crippen molar-refractivity contribution in [1.29, 1.82) is 0 Å². The molecule has 0 spiro atoms. The predicted octanol–water partition coefficient (Wildman–Crippen LogP) is 4.44. The molecule has 4 nitrogen and oxygen atoms in total. The van der Waals surface area contributed by atoms with Crippen molar-refractivity contribution in [3.8, 4) is 11.5 Å². The van der Waals surface area contributed by atoms with E-state index in [9.17, 15) is 4.79 Å². The third kappa shape index (κ3) is 5.25. The molecule has 144 valence electrons. The summed E-state index contributed by atoms with van der Waals surface area (Å²) in [6.45, 7) is 6.28. The zero-order valence-electron chi connectivity index (χ0n) is 16.5. The summed E-state index contributed by atoms with van der Waals surface area (Å²) in [5, 5.41) is 2.95. The van der Waals surface area contributed by atoms with Crippen LogP contribution in [0.1, 0.15) is 50.3 Å². The van der Waals surface area contributed by atoms with Gasteiger partial charge in [0.25, 0.3) is 5.91 Å². The molecule has 4 heteroatoms. The molecule has 27 heavy (non-hydrogen) atoms. The number of nitrogens with one attached hydrogen (secondary N) is 1. The third-order valence-electron chi connectivity index (χ3n) is 4.79. The van der Waals surface area contributed by atoms with Crippen LogP contribution in [0, 0.1) is 0 Å². The summed E-state index contributed by atoms with van der Waals surface area (Å²) in [6.07, 6.45) is 4.17. The number of ether oxygens (including phenoxy) is 2. The Morgan fingerprint density at radius 2 is 1.74 bits per heavy atom. The van der Waals surface area contributed by atoms with Crippen molar-refractivity contribution < 1.29 is 14.3 Å². The highest BCUT2D eigenvalue weighted by Gasteiger charge is 2.19. The Bertz CT molecular complexity index is 768. The van der Waals surface area contributed by atoms with Gasteiger partial charge in [-0.15, -0.1) is 0 Å². The van der Waals surface area contributed by atoms with E-state index >= 15 is 0 Å². The van der Waals surface area contributed by atoms with Crippen LogP contribution in [-0.2, 0) is 24.2 Å². The minimum absolute atomic E-state index is 0.106. The molecule has 0 heterocycles. The minimum atomic E-state index is -0.526. The number of fused-ring (bicyclic) bond motifs is 1. The van der Waals surface area contributed by atoms with E-state index in [0.717, 1.165) is 29.9 Å². The lowest BCUT2D eigenvalue weighted by molar-refractivity contribution is -0.127. The Morgan fingerprint density at radius 1 is 1.00 bits per heavy atom. The van der Waals surface area contributed by atoms with Crippen LogP contribution in [0.15, 0.2) is 42.5 Å².